The Bertz CT molecular complexity index is 1310. The van der Waals surface area contributed by atoms with Gasteiger partial charge in [-0.25, -0.2) is 10.4 Å². The number of pyridine rings is 1. The van der Waals surface area contributed by atoms with E-state index in [4.69, 9.17) is 14.7 Å². The maximum atomic E-state index is 9.94. The van der Waals surface area contributed by atoms with Gasteiger partial charge < -0.3 is 14.7 Å². The van der Waals surface area contributed by atoms with Crippen LogP contribution in [0.3, 0.4) is 0 Å². The highest BCUT2D eigenvalue weighted by Gasteiger charge is 2.37. The van der Waals surface area contributed by atoms with Crippen LogP contribution in [0.4, 0.5) is 0 Å². The number of fused-ring (bicyclic) bond motifs is 1. The Morgan fingerprint density at radius 2 is 1.84 bits per heavy atom. The number of amidine groups is 1. The average molecular weight is 514 g/mol. The number of nitrogens with zero attached hydrogens (tertiary/aromatic N) is 6. The average Bonchev–Trinajstić information content (AvgIpc) is 3.49. The lowest BCUT2D eigenvalue weighted by molar-refractivity contribution is -0.0338. The molecule has 5 heterocycles. The number of piperidine rings is 1. The van der Waals surface area contributed by atoms with E-state index >= 15 is 0 Å². The normalized spacial score (nSPS) is 24.7. The van der Waals surface area contributed by atoms with Gasteiger partial charge in [0.25, 0.3) is 0 Å². The minimum Gasteiger partial charge on any atom is -0.435 e. The molecule has 6 rings (SSSR count). The molecule has 1 fully saturated rings. The molecule has 0 bridgehead atoms. The van der Waals surface area contributed by atoms with E-state index in [-0.39, 0.29) is 6.04 Å². The number of likely N-dealkylation sites (N-methyl/N-ethyl adjacent to an activating group) is 1. The highest BCUT2D eigenvalue weighted by atomic mass is 16.6. The number of aliphatic hydroxyl groups excluding tert-OH is 1. The molecule has 3 unspecified atom stereocenters. The van der Waals surface area contributed by atoms with Crippen molar-refractivity contribution in [3.05, 3.63) is 71.8 Å². The Morgan fingerprint density at radius 3 is 2.50 bits per heavy atom. The van der Waals surface area contributed by atoms with E-state index in [2.05, 4.69) is 64.6 Å². The Balaban J connectivity index is 1.21. The largest absolute Gasteiger partial charge is 0.435 e. The minimum absolute atomic E-state index is 0.124. The summed E-state index contributed by atoms with van der Waals surface area (Å²) in [4.78, 5) is 12.2. The smallest absolute Gasteiger partial charge is 0.311 e. The molecule has 38 heavy (non-hydrogen) atoms. The van der Waals surface area contributed by atoms with Crippen molar-refractivity contribution >= 4 is 17.3 Å². The lowest BCUT2D eigenvalue weighted by Gasteiger charge is -2.34. The molecule has 1 aromatic carbocycles. The first-order valence-corrected chi connectivity index (χ1v) is 13.4. The van der Waals surface area contributed by atoms with Crippen molar-refractivity contribution in [3.8, 4) is 11.3 Å². The molecule has 0 radical (unpaired) electrons. The zero-order chi connectivity index (χ0) is 26.4. The third-order valence-electron chi connectivity index (χ3n) is 7.73. The number of benzene rings is 1. The highest BCUT2D eigenvalue weighted by molar-refractivity contribution is 6.00. The Kier molecular flexibility index (Phi) is 6.41. The monoisotopic (exact) mass is 513 g/mol. The fourth-order valence-electron chi connectivity index (χ4n) is 5.68. The summed E-state index contributed by atoms with van der Waals surface area (Å²) in [7, 11) is 1.83. The van der Waals surface area contributed by atoms with Crippen molar-refractivity contribution in [2.24, 2.45) is 16.0 Å². The molecule has 0 aliphatic carbocycles. The van der Waals surface area contributed by atoms with Crippen molar-refractivity contribution in [2.45, 2.75) is 52.0 Å². The van der Waals surface area contributed by atoms with Gasteiger partial charge in [-0.05, 0) is 45.8 Å². The maximum absolute atomic E-state index is 9.94. The van der Waals surface area contributed by atoms with Crippen molar-refractivity contribution < 1.29 is 9.84 Å². The Labute approximate surface area is 223 Å². The molecule has 2 N–H and O–H groups in total. The molecule has 9 nitrogen and oxygen atoms in total. The molecule has 2 aromatic rings. The Morgan fingerprint density at radius 1 is 1.08 bits per heavy atom. The number of hydrogen-bond acceptors (Lipinski definition) is 9. The predicted molar refractivity (Wildman–Crippen MR) is 148 cm³/mol. The lowest BCUT2D eigenvalue weighted by Crippen LogP contribution is -2.43. The molecule has 4 aliphatic rings. The van der Waals surface area contributed by atoms with Gasteiger partial charge in [0.1, 0.15) is 6.10 Å². The molecule has 0 amide bonds. The number of ether oxygens (including phenoxy) is 1. The van der Waals surface area contributed by atoms with Crippen LogP contribution < -0.4 is 5.43 Å². The summed E-state index contributed by atoms with van der Waals surface area (Å²) in [5.74, 6) is 1.33. The summed E-state index contributed by atoms with van der Waals surface area (Å²) >= 11 is 0. The van der Waals surface area contributed by atoms with E-state index in [1.165, 1.54) is 5.57 Å². The van der Waals surface area contributed by atoms with Crippen molar-refractivity contribution in [2.75, 3.05) is 20.1 Å². The summed E-state index contributed by atoms with van der Waals surface area (Å²) in [5, 5.41) is 18.3. The zero-order valence-corrected chi connectivity index (χ0v) is 22.4. The molecular formula is C29H35N7O2. The number of allylic oxidation sites excluding steroid dienone is 2. The van der Waals surface area contributed by atoms with Gasteiger partial charge in [0.05, 0.1) is 11.7 Å². The van der Waals surface area contributed by atoms with Crippen LogP contribution in [0.5, 0.6) is 0 Å². The van der Waals surface area contributed by atoms with Gasteiger partial charge in [0.2, 0.25) is 6.23 Å². The standard InChI is InChI=1S/C29H35N7O2/c1-18-16-25(22-12-14-35(15-13-22)29-33-34(4)28(38-29)20(3)37)31-27-26(19(2)32-36(18)27)23-10-11-24(30-17-23)21-8-6-5-7-9-21/h5-11,16-17,19-20,22,28,32,37H,12-15H2,1-4H3. The summed E-state index contributed by atoms with van der Waals surface area (Å²) in [6.07, 6.45) is 5.07. The molecule has 1 saturated heterocycles. The molecule has 198 valence electrons. The minimum atomic E-state index is -0.610. The van der Waals surface area contributed by atoms with E-state index in [0.717, 1.165) is 60.0 Å². The Hall–Kier alpha value is -3.69. The van der Waals surface area contributed by atoms with Gasteiger partial charge in [-0.2, -0.15) is 0 Å². The molecule has 0 spiro atoms. The molecule has 4 aliphatic heterocycles. The van der Waals surface area contributed by atoms with Gasteiger partial charge >= 0.3 is 6.02 Å². The van der Waals surface area contributed by atoms with Gasteiger partial charge in [0, 0.05) is 60.4 Å². The van der Waals surface area contributed by atoms with Crippen molar-refractivity contribution in [1.82, 2.24) is 25.3 Å². The first-order valence-electron chi connectivity index (χ1n) is 13.4. The van der Waals surface area contributed by atoms with Crippen LogP contribution in [-0.4, -0.2) is 75.3 Å². The van der Waals surface area contributed by atoms with E-state index in [1.807, 2.05) is 31.4 Å². The van der Waals surface area contributed by atoms with Crippen LogP contribution in [0.25, 0.3) is 16.8 Å². The zero-order valence-electron chi connectivity index (χ0n) is 22.4. The SMILES string of the molecule is CC1=CC(C2CCN(C3=NN(C)C(C(C)O)O3)CC2)=NC2=C(c3ccc(-c4ccccc4)nc3)C(C)NN12. The fraction of sp³-hybridized carbons (Fsp3) is 0.414. The lowest BCUT2D eigenvalue weighted by atomic mass is 9.90. The first kappa shape index (κ1) is 24.6. The van der Waals surface area contributed by atoms with E-state index in [0.29, 0.717) is 11.9 Å². The number of likely N-dealkylation sites (tertiary alicyclic amines) is 1. The van der Waals surface area contributed by atoms with Crippen LogP contribution in [0.1, 0.15) is 39.2 Å². The molecule has 1 aromatic heterocycles. The number of rotatable bonds is 4. The quantitative estimate of drug-likeness (QED) is 0.645. The molecular weight excluding hydrogens is 478 g/mol. The number of hydrogen-bond donors (Lipinski definition) is 2. The fourth-order valence-corrected chi connectivity index (χ4v) is 5.68. The van der Waals surface area contributed by atoms with Crippen molar-refractivity contribution in [1.29, 1.82) is 0 Å². The first-order chi connectivity index (χ1) is 18.4. The number of nitrogens with one attached hydrogen (secondary N) is 1. The van der Waals surface area contributed by atoms with Gasteiger partial charge in [-0.15, -0.1) is 5.10 Å². The van der Waals surface area contributed by atoms with Crippen LogP contribution in [0.2, 0.25) is 0 Å². The number of hydrazine groups is 1. The number of aliphatic hydroxyl groups is 1. The summed E-state index contributed by atoms with van der Waals surface area (Å²) in [5.41, 5.74) is 10.2. The number of hydrazone groups is 1. The molecule has 9 heteroatoms. The van der Waals surface area contributed by atoms with Gasteiger partial charge in [0.15, 0.2) is 5.82 Å². The van der Waals surface area contributed by atoms with E-state index in [1.54, 1.807) is 11.9 Å². The second-order valence-corrected chi connectivity index (χ2v) is 10.5. The number of aromatic nitrogens is 1. The molecule has 3 atom stereocenters. The van der Waals surface area contributed by atoms with Gasteiger partial charge in [-0.1, -0.05) is 36.4 Å². The van der Waals surface area contributed by atoms with Gasteiger partial charge in [-0.3, -0.25) is 15.0 Å². The second-order valence-electron chi connectivity index (χ2n) is 10.5. The highest BCUT2D eigenvalue weighted by Crippen LogP contribution is 2.37. The third-order valence-corrected chi connectivity index (χ3v) is 7.73. The van der Waals surface area contributed by atoms with Crippen LogP contribution in [-0.2, 0) is 4.74 Å². The van der Waals surface area contributed by atoms with Crippen molar-refractivity contribution in [3.63, 3.8) is 0 Å². The summed E-state index contributed by atoms with van der Waals surface area (Å²) < 4.78 is 5.92. The van der Waals surface area contributed by atoms with Crippen LogP contribution in [0, 0.1) is 5.92 Å². The van der Waals surface area contributed by atoms with Crippen LogP contribution in [0.15, 0.2) is 76.3 Å². The topological polar surface area (TPSA) is 88.8 Å². The second kappa shape index (κ2) is 9.89. The third kappa shape index (κ3) is 4.46. The number of aliphatic imine (C=N–C) groups is 1. The summed E-state index contributed by atoms with van der Waals surface area (Å²) in [6, 6.07) is 15.2. The van der Waals surface area contributed by atoms with Crippen LogP contribution >= 0.6 is 0 Å². The predicted octanol–water partition coefficient (Wildman–Crippen LogP) is 3.64. The van der Waals surface area contributed by atoms with E-state index in [9.17, 15) is 5.11 Å². The maximum Gasteiger partial charge on any atom is 0.311 e. The van der Waals surface area contributed by atoms with E-state index < -0.39 is 12.3 Å². The summed E-state index contributed by atoms with van der Waals surface area (Å²) in [6.45, 7) is 7.71. The molecule has 0 saturated carbocycles.